The second kappa shape index (κ2) is 10.9. The Morgan fingerprint density at radius 2 is 1.72 bits per heavy atom. The summed E-state index contributed by atoms with van der Waals surface area (Å²) in [5, 5.41) is 5.14. The molecule has 8 heteroatoms. The largest absolute Gasteiger partial charge is 0.493 e. The Labute approximate surface area is 146 Å². The predicted molar refractivity (Wildman–Crippen MR) is 90.5 cm³/mol. The Bertz CT molecular complexity index is 603. The van der Waals surface area contributed by atoms with Gasteiger partial charge in [-0.2, -0.15) is 0 Å². The first kappa shape index (κ1) is 20.3. The third-order valence-corrected chi connectivity index (χ3v) is 3.25. The van der Waals surface area contributed by atoms with Crippen molar-refractivity contribution in [2.75, 3.05) is 33.9 Å². The molecule has 138 valence electrons. The highest BCUT2D eigenvalue weighted by Crippen LogP contribution is 2.27. The molecule has 1 aromatic rings. The summed E-state index contributed by atoms with van der Waals surface area (Å²) in [6.07, 6.45) is 0.626. The molecular formula is C17H24N2O6. The lowest BCUT2D eigenvalue weighted by atomic mass is 10.1. The minimum Gasteiger partial charge on any atom is -0.493 e. The van der Waals surface area contributed by atoms with Crippen molar-refractivity contribution in [2.45, 2.75) is 19.8 Å². The molecule has 0 heterocycles. The van der Waals surface area contributed by atoms with E-state index in [1.165, 1.54) is 6.92 Å². The maximum atomic E-state index is 11.6. The van der Waals surface area contributed by atoms with E-state index in [1.54, 1.807) is 20.3 Å². The van der Waals surface area contributed by atoms with Gasteiger partial charge in [-0.15, -0.1) is 0 Å². The van der Waals surface area contributed by atoms with Gasteiger partial charge in [0.05, 0.1) is 20.6 Å². The third kappa shape index (κ3) is 8.05. The molecule has 1 aromatic carbocycles. The Balaban J connectivity index is 2.26. The smallest absolute Gasteiger partial charge is 0.308 e. The van der Waals surface area contributed by atoms with Crippen molar-refractivity contribution in [2.24, 2.45) is 0 Å². The highest BCUT2D eigenvalue weighted by Gasteiger charge is 2.08. The Morgan fingerprint density at radius 3 is 2.36 bits per heavy atom. The van der Waals surface area contributed by atoms with Crippen molar-refractivity contribution in [3.8, 4) is 11.5 Å². The summed E-state index contributed by atoms with van der Waals surface area (Å²) in [5.41, 5.74) is 0.977. The molecule has 0 unspecified atom stereocenters. The summed E-state index contributed by atoms with van der Waals surface area (Å²) in [6.45, 7) is 1.61. The fourth-order valence-electron chi connectivity index (χ4n) is 1.99. The number of nitrogens with one attached hydrogen (secondary N) is 2. The lowest BCUT2D eigenvalue weighted by Gasteiger charge is -2.10. The normalized spacial score (nSPS) is 9.88. The van der Waals surface area contributed by atoms with Crippen LogP contribution >= 0.6 is 0 Å². The van der Waals surface area contributed by atoms with E-state index < -0.39 is 5.97 Å². The van der Waals surface area contributed by atoms with Crippen molar-refractivity contribution in [3.63, 3.8) is 0 Å². The Morgan fingerprint density at radius 1 is 1.00 bits per heavy atom. The SMILES string of the molecule is COc1ccc(CCNC(=O)COC(=O)CCNC(C)=O)cc1OC. The van der Waals surface area contributed by atoms with Gasteiger partial charge in [-0.1, -0.05) is 6.07 Å². The van der Waals surface area contributed by atoms with Crippen LogP contribution in [0.1, 0.15) is 18.9 Å². The van der Waals surface area contributed by atoms with Crippen LogP contribution in [0.15, 0.2) is 18.2 Å². The van der Waals surface area contributed by atoms with Crippen molar-refractivity contribution in [1.82, 2.24) is 10.6 Å². The highest BCUT2D eigenvalue weighted by molar-refractivity contribution is 5.80. The number of hydrogen-bond donors (Lipinski definition) is 2. The molecule has 0 saturated heterocycles. The molecule has 2 amide bonds. The van der Waals surface area contributed by atoms with Gasteiger partial charge in [0.25, 0.3) is 5.91 Å². The molecule has 0 atom stereocenters. The van der Waals surface area contributed by atoms with E-state index >= 15 is 0 Å². The number of carbonyl (C=O) groups excluding carboxylic acids is 3. The first-order valence-corrected chi connectivity index (χ1v) is 7.84. The number of esters is 1. The molecule has 2 N–H and O–H groups in total. The van der Waals surface area contributed by atoms with Crippen LogP contribution in [-0.2, 0) is 25.5 Å². The Kier molecular flexibility index (Phi) is 8.84. The van der Waals surface area contributed by atoms with E-state index in [9.17, 15) is 14.4 Å². The summed E-state index contributed by atoms with van der Waals surface area (Å²) in [6, 6.07) is 5.52. The maximum absolute atomic E-state index is 11.6. The van der Waals surface area contributed by atoms with Gasteiger partial charge in [-0.3, -0.25) is 14.4 Å². The first-order chi connectivity index (χ1) is 12.0. The second-order valence-electron chi connectivity index (χ2n) is 5.18. The summed E-state index contributed by atoms with van der Waals surface area (Å²) in [4.78, 5) is 33.7. The van der Waals surface area contributed by atoms with Crippen molar-refractivity contribution >= 4 is 17.8 Å². The molecular weight excluding hydrogens is 328 g/mol. The molecule has 8 nitrogen and oxygen atoms in total. The molecule has 0 aliphatic rings. The molecule has 0 aromatic heterocycles. The minimum atomic E-state index is -0.538. The number of hydrogen-bond acceptors (Lipinski definition) is 6. The average Bonchev–Trinajstić information content (AvgIpc) is 2.59. The zero-order chi connectivity index (χ0) is 18.7. The second-order valence-corrected chi connectivity index (χ2v) is 5.18. The zero-order valence-electron chi connectivity index (χ0n) is 14.7. The summed E-state index contributed by atoms with van der Waals surface area (Å²) in [7, 11) is 3.12. The van der Waals surface area contributed by atoms with Gasteiger partial charge in [0.1, 0.15) is 0 Å². The van der Waals surface area contributed by atoms with Gasteiger partial charge >= 0.3 is 5.97 Å². The molecule has 25 heavy (non-hydrogen) atoms. The molecule has 0 spiro atoms. The van der Waals surface area contributed by atoms with Gasteiger partial charge in [-0.05, 0) is 24.1 Å². The number of benzene rings is 1. The van der Waals surface area contributed by atoms with E-state index in [2.05, 4.69) is 10.6 Å². The topological polar surface area (TPSA) is 103 Å². The van der Waals surface area contributed by atoms with Crippen LogP contribution in [0.25, 0.3) is 0 Å². The quantitative estimate of drug-likeness (QED) is 0.592. The van der Waals surface area contributed by atoms with E-state index in [-0.39, 0.29) is 31.4 Å². The summed E-state index contributed by atoms with van der Waals surface area (Å²) in [5.74, 6) is 0.124. The molecule has 0 aliphatic carbocycles. The van der Waals surface area contributed by atoms with Gasteiger partial charge in [-0.25, -0.2) is 0 Å². The van der Waals surface area contributed by atoms with E-state index in [0.29, 0.717) is 24.5 Å². The molecule has 0 bridgehead atoms. The van der Waals surface area contributed by atoms with Crippen molar-refractivity contribution < 1.29 is 28.6 Å². The highest BCUT2D eigenvalue weighted by atomic mass is 16.5. The first-order valence-electron chi connectivity index (χ1n) is 7.84. The van der Waals surface area contributed by atoms with Gasteiger partial charge < -0.3 is 24.8 Å². The molecule has 0 saturated carbocycles. The summed E-state index contributed by atoms with van der Waals surface area (Å²) >= 11 is 0. The van der Waals surface area contributed by atoms with Crippen LogP contribution in [0.4, 0.5) is 0 Å². The number of carbonyl (C=O) groups is 3. The number of rotatable bonds is 10. The standard InChI is InChI=1S/C17H24N2O6/c1-12(20)18-9-7-17(22)25-11-16(21)19-8-6-13-4-5-14(23-2)15(10-13)24-3/h4-5,10H,6-9,11H2,1-3H3,(H,18,20)(H,19,21). The van der Waals surface area contributed by atoms with Crippen LogP contribution < -0.4 is 20.1 Å². The summed E-state index contributed by atoms with van der Waals surface area (Å²) < 4.78 is 15.2. The molecule has 1 rings (SSSR count). The van der Waals surface area contributed by atoms with Crippen LogP contribution in [0.3, 0.4) is 0 Å². The lowest BCUT2D eigenvalue weighted by molar-refractivity contribution is -0.148. The average molecular weight is 352 g/mol. The lowest BCUT2D eigenvalue weighted by Crippen LogP contribution is -2.31. The molecule has 0 aliphatic heterocycles. The monoisotopic (exact) mass is 352 g/mol. The van der Waals surface area contributed by atoms with Crippen molar-refractivity contribution in [3.05, 3.63) is 23.8 Å². The van der Waals surface area contributed by atoms with E-state index in [4.69, 9.17) is 14.2 Å². The van der Waals surface area contributed by atoms with E-state index in [1.807, 2.05) is 12.1 Å². The van der Waals surface area contributed by atoms with Crippen LogP contribution in [0.2, 0.25) is 0 Å². The van der Waals surface area contributed by atoms with Gasteiger partial charge in [0.2, 0.25) is 5.91 Å². The number of methoxy groups -OCH3 is 2. The number of ether oxygens (including phenoxy) is 3. The minimum absolute atomic E-state index is 0.0263. The van der Waals surface area contributed by atoms with Crippen LogP contribution in [-0.4, -0.2) is 51.7 Å². The molecule has 0 fully saturated rings. The predicted octanol–water partition coefficient (Wildman–Crippen LogP) is 0.432. The fraction of sp³-hybridized carbons (Fsp3) is 0.471. The van der Waals surface area contributed by atoms with Crippen molar-refractivity contribution in [1.29, 1.82) is 0 Å². The third-order valence-electron chi connectivity index (χ3n) is 3.25. The van der Waals surface area contributed by atoms with Crippen LogP contribution in [0.5, 0.6) is 11.5 Å². The fourth-order valence-corrected chi connectivity index (χ4v) is 1.99. The maximum Gasteiger partial charge on any atom is 0.308 e. The Hall–Kier alpha value is -2.77. The van der Waals surface area contributed by atoms with Gasteiger partial charge in [0.15, 0.2) is 18.1 Å². The number of amides is 2. The zero-order valence-corrected chi connectivity index (χ0v) is 14.7. The van der Waals surface area contributed by atoms with Gasteiger partial charge in [0, 0.05) is 20.0 Å². The van der Waals surface area contributed by atoms with Crippen LogP contribution in [0, 0.1) is 0 Å². The molecule has 0 radical (unpaired) electrons. The van der Waals surface area contributed by atoms with E-state index in [0.717, 1.165) is 5.56 Å².